The highest BCUT2D eigenvalue weighted by Crippen LogP contribution is 2.28. The van der Waals surface area contributed by atoms with Gasteiger partial charge in [-0.1, -0.05) is 19.1 Å². The van der Waals surface area contributed by atoms with E-state index in [0.717, 1.165) is 23.2 Å². The first-order valence-corrected chi connectivity index (χ1v) is 10.0. The third-order valence-corrected chi connectivity index (χ3v) is 5.20. The van der Waals surface area contributed by atoms with Crippen LogP contribution < -0.4 is 14.8 Å². The lowest BCUT2D eigenvalue weighted by atomic mass is 10.1. The Hall–Kier alpha value is -3.87. The number of nitrogens with zero attached hydrogens (tertiary/aromatic N) is 3. The number of carbonyl (C=O) groups is 1. The second kappa shape index (κ2) is 8.47. The first kappa shape index (κ1) is 20.4. The van der Waals surface area contributed by atoms with Crippen molar-refractivity contribution in [3.8, 4) is 17.2 Å². The highest BCUT2D eigenvalue weighted by molar-refractivity contribution is 6.05. The van der Waals surface area contributed by atoms with Crippen LogP contribution in [-0.4, -0.2) is 35.1 Å². The summed E-state index contributed by atoms with van der Waals surface area (Å²) < 4.78 is 10.5. The number of rotatable bonds is 6. The smallest absolute Gasteiger partial charge is 0.255 e. The molecule has 1 N–H and O–H groups in total. The van der Waals surface area contributed by atoms with Crippen LogP contribution in [0.4, 0.5) is 5.69 Å². The van der Waals surface area contributed by atoms with Gasteiger partial charge in [0.15, 0.2) is 11.5 Å². The Balaban J connectivity index is 1.62. The maximum Gasteiger partial charge on any atom is 0.255 e. The number of fused-ring (bicyclic) bond motifs is 1. The number of amides is 1. The Morgan fingerprint density at radius 1 is 0.935 bits per heavy atom. The monoisotopic (exact) mass is 416 g/mol. The van der Waals surface area contributed by atoms with Crippen LogP contribution in [0, 0.1) is 6.92 Å². The highest BCUT2D eigenvalue weighted by Gasteiger charge is 2.14. The van der Waals surface area contributed by atoms with Gasteiger partial charge in [-0.2, -0.15) is 4.80 Å². The zero-order valence-electron chi connectivity index (χ0n) is 18.0. The molecule has 0 radical (unpaired) electrons. The molecule has 1 amide bonds. The Morgan fingerprint density at radius 2 is 1.61 bits per heavy atom. The molecule has 31 heavy (non-hydrogen) atoms. The van der Waals surface area contributed by atoms with E-state index in [1.54, 1.807) is 30.1 Å². The Labute approximate surface area is 180 Å². The van der Waals surface area contributed by atoms with Crippen molar-refractivity contribution in [2.24, 2.45) is 0 Å². The fraction of sp³-hybridized carbons (Fsp3) is 0.208. The van der Waals surface area contributed by atoms with Gasteiger partial charge in [-0.3, -0.25) is 4.79 Å². The van der Waals surface area contributed by atoms with Crippen LogP contribution in [-0.2, 0) is 6.42 Å². The van der Waals surface area contributed by atoms with Crippen molar-refractivity contribution in [1.29, 1.82) is 0 Å². The van der Waals surface area contributed by atoms with Gasteiger partial charge in [0.1, 0.15) is 11.0 Å². The highest BCUT2D eigenvalue weighted by atomic mass is 16.5. The lowest BCUT2D eigenvalue weighted by molar-refractivity contribution is 0.102. The summed E-state index contributed by atoms with van der Waals surface area (Å²) in [7, 11) is 3.10. The van der Waals surface area contributed by atoms with Crippen molar-refractivity contribution < 1.29 is 14.3 Å². The van der Waals surface area contributed by atoms with E-state index in [0.29, 0.717) is 28.3 Å². The first-order chi connectivity index (χ1) is 15.0. The number of hydrogen-bond donors (Lipinski definition) is 1. The van der Waals surface area contributed by atoms with E-state index in [9.17, 15) is 4.79 Å². The molecule has 3 aromatic carbocycles. The van der Waals surface area contributed by atoms with Crippen LogP contribution >= 0.6 is 0 Å². The molecule has 0 atom stereocenters. The minimum absolute atomic E-state index is 0.244. The van der Waals surface area contributed by atoms with E-state index in [4.69, 9.17) is 9.47 Å². The molecular weight excluding hydrogens is 392 g/mol. The molecule has 7 nitrogen and oxygen atoms in total. The second-order valence-corrected chi connectivity index (χ2v) is 7.19. The average molecular weight is 416 g/mol. The summed E-state index contributed by atoms with van der Waals surface area (Å²) in [5, 5.41) is 12.1. The number of carbonyl (C=O) groups excluding carboxylic acids is 1. The number of nitrogens with one attached hydrogen (secondary N) is 1. The molecule has 0 aliphatic heterocycles. The van der Waals surface area contributed by atoms with E-state index in [-0.39, 0.29) is 5.91 Å². The molecule has 1 heterocycles. The van der Waals surface area contributed by atoms with Crippen molar-refractivity contribution in [3.63, 3.8) is 0 Å². The Kier molecular flexibility index (Phi) is 5.58. The molecule has 0 saturated heterocycles. The summed E-state index contributed by atoms with van der Waals surface area (Å²) in [6, 6.07) is 17.0. The molecule has 0 unspecified atom stereocenters. The van der Waals surface area contributed by atoms with Gasteiger partial charge in [0.25, 0.3) is 5.91 Å². The first-order valence-electron chi connectivity index (χ1n) is 10.0. The van der Waals surface area contributed by atoms with Crippen molar-refractivity contribution in [1.82, 2.24) is 15.0 Å². The maximum atomic E-state index is 12.8. The molecule has 0 bridgehead atoms. The van der Waals surface area contributed by atoms with Gasteiger partial charge in [0.2, 0.25) is 0 Å². The summed E-state index contributed by atoms with van der Waals surface area (Å²) in [5.41, 5.74) is 5.67. The topological polar surface area (TPSA) is 78.3 Å². The number of aryl methyl sites for hydroxylation is 2. The lowest BCUT2D eigenvalue weighted by Crippen LogP contribution is -2.13. The zero-order valence-corrected chi connectivity index (χ0v) is 18.0. The minimum atomic E-state index is -0.244. The Bertz CT molecular complexity index is 1250. The van der Waals surface area contributed by atoms with Crippen LogP contribution in [0.15, 0.2) is 54.6 Å². The van der Waals surface area contributed by atoms with Crippen LogP contribution in [0.1, 0.15) is 28.4 Å². The van der Waals surface area contributed by atoms with Crippen molar-refractivity contribution in [3.05, 3.63) is 71.3 Å². The molecule has 1 aromatic heterocycles. The molecule has 0 aliphatic carbocycles. The summed E-state index contributed by atoms with van der Waals surface area (Å²) in [6.45, 7) is 4.05. The lowest BCUT2D eigenvalue weighted by Gasteiger charge is -2.11. The van der Waals surface area contributed by atoms with Gasteiger partial charge in [-0.25, -0.2) is 0 Å². The summed E-state index contributed by atoms with van der Waals surface area (Å²) in [5.74, 6) is 0.825. The van der Waals surface area contributed by atoms with Gasteiger partial charge < -0.3 is 14.8 Å². The SMILES string of the molecule is CCc1ccc(-n2nc3cc(C)c(NC(=O)c4ccc(OC)c(OC)c4)cc3n2)cc1. The van der Waals surface area contributed by atoms with Gasteiger partial charge >= 0.3 is 0 Å². The molecule has 4 aromatic rings. The van der Waals surface area contributed by atoms with Gasteiger partial charge in [0.05, 0.1) is 19.9 Å². The summed E-state index contributed by atoms with van der Waals surface area (Å²) >= 11 is 0. The Morgan fingerprint density at radius 3 is 2.26 bits per heavy atom. The standard InChI is InChI=1S/C24H24N4O3/c1-5-16-6-9-18(10-7-16)28-26-20-12-15(2)19(14-21(20)27-28)25-24(29)17-8-11-22(30-3)23(13-17)31-4/h6-14H,5H2,1-4H3,(H,25,29). The van der Waals surface area contributed by atoms with Gasteiger partial charge in [-0.15, -0.1) is 10.2 Å². The predicted octanol–water partition coefficient (Wildman–Crippen LogP) is 4.56. The van der Waals surface area contributed by atoms with E-state index < -0.39 is 0 Å². The number of anilines is 1. The van der Waals surface area contributed by atoms with Crippen molar-refractivity contribution in [2.75, 3.05) is 19.5 Å². The number of methoxy groups -OCH3 is 2. The fourth-order valence-electron chi connectivity index (χ4n) is 3.35. The van der Waals surface area contributed by atoms with Gasteiger partial charge in [0, 0.05) is 11.3 Å². The molecule has 0 spiro atoms. The minimum Gasteiger partial charge on any atom is -0.493 e. The number of hydrogen-bond acceptors (Lipinski definition) is 5. The quantitative estimate of drug-likeness (QED) is 0.498. The number of ether oxygens (including phenoxy) is 2. The molecule has 7 heteroatoms. The molecule has 0 fully saturated rings. The largest absolute Gasteiger partial charge is 0.493 e. The van der Waals surface area contributed by atoms with Crippen LogP contribution in [0.2, 0.25) is 0 Å². The molecule has 0 aliphatic rings. The maximum absolute atomic E-state index is 12.8. The van der Waals surface area contributed by atoms with Gasteiger partial charge in [-0.05, 0) is 66.9 Å². The number of aromatic nitrogens is 3. The van der Waals surface area contributed by atoms with Crippen molar-refractivity contribution >= 4 is 22.6 Å². The fourth-order valence-corrected chi connectivity index (χ4v) is 3.35. The predicted molar refractivity (Wildman–Crippen MR) is 120 cm³/mol. The van der Waals surface area contributed by atoms with E-state index in [2.05, 4.69) is 34.6 Å². The van der Waals surface area contributed by atoms with E-state index in [1.165, 1.54) is 12.7 Å². The third kappa shape index (κ3) is 4.07. The van der Waals surface area contributed by atoms with Crippen LogP contribution in [0.3, 0.4) is 0 Å². The summed E-state index contributed by atoms with van der Waals surface area (Å²) in [4.78, 5) is 14.4. The molecule has 0 saturated carbocycles. The van der Waals surface area contributed by atoms with Crippen LogP contribution in [0.5, 0.6) is 11.5 Å². The van der Waals surface area contributed by atoms with E-state index in [1.807, 2.05) is 31.2 Å². The number of benzene rings is 3. The zero-order chi connectivity index (χ0) is 22.0. The normalized spacial score (nSPS) is 10.8. The van der Waals surface area contributed by atoms with Crippen molar-refractivity contribution in [2.45, 2.75) is 20.3 Å². The molecule has 4 rings (SSSR count). The van der Waals surface area contributed by atoms with Crippen LogP contribution in [0.25, 0.3) is 16.7 Å². The third-order valence-electron chi connectivity index (χ3n) is 5.20. The molecule has 158 valence electrons. The van der Waals surface area contributed by atoms with E-state index >= 15 is 0 Å². The summed E-state index contributed by atoms with van der Waals surface area (Å²) in [6.07, 6.45) is 0.983. The second-order valence-electron chi connectivity index (χ2n) is 7.19. The molecular formula is C24H24N4O3. The average Bonchev–Trinajstić information content (AvgIpc) is 3.21.